The van der Waals surface area contributed by atoms with Gasteiger partial charge in [-0.05, 0) is 24.3 Å². The highest BCUT2D eigenvalue weighted by molar-refractivity contribution is 5.79. The largest absolute Gasteiger partial charge is 0.344 e. The summed E-state index contributed by atoms with van der Waals surface area (Å²) in [6.07, 6.45) is 5.48. The van der Waals surface area contributed by atoms with Gasteiger partial charge in [-0.1, -0.05) is 42.5 Å². The lowest BCUT2D eigenvalue weighted by Gasteiger charge is -2.05. The first-order valence-electron chi connectivity index (χ1n) is 7.97. The van der Waals surface area contributed by atoms with E-state index in [9.17, 15) is 4.79 Å². The Labute approximate surface area is 144 Å². The number of imidazole rings is 1. The van der Waals surface area contributed by atoms with Crippen LogP contribution in [0.4, 0.5) is 0 Å². The molecule has 4 aromatic rings. The third-order valence-electron chi connectivity index (χ3n) is 4.08. The van der Waals surface area contributed by atoms with Gasteiger partial charge in [0.25, 0.3) is 5.56 Å². The van der Waals surface area contributed by atoms with E-state index in [1.165, 1.54) is 0 Å². The van der Waals surface area contributed by atoms with Crippen LogP contribution < -0.4 is 5.56 Å². The van der Waals surface area contributed by atoms with Gasteiger partial charge in [-0.25, -0.2) is 9.97 Å². The quantitative estimate of drug-likeness (QED) is 0.626. The molecule has 4 rings (SSSR count). The van der Waals surface area contributed by atoms with E-state index in [1.54, 1.807) is 23.8 Å². The second-order valence-corrected chi connectivity index (χ2v) is 5.72. The Morgan fingerprint density at radius 3 is 2.56 bits per heavy atom. The summed E-state index contributed by atoms with van der Waals surface area (Å²) in [4.78, 5) is 24.7. The number of H-pyrrole nitrogens is 1. The summed E-state index contributed by atoms with van der Waals surface area (Å²) in [7, 11) is 1.72. The third kappa shape index (κ3) is 2.87. The molecule has 5 nitrogen and oxygen atoms in total. The van der Waals surface area contributed by atoms with E-state index in [0.29, 0.717) is 22.6 Å². The van der Waals surface area contributed by atoms with Gasteiger partial charge >= 0.3 is 0 Å². The van der Waals surface area contributed by atoms with Crippen LogP contribution in [0.25, 0.3) is 34.3 Å². The fraction of sp³-hybridized carbons (Fsp3) is 0.0500. The standard InChI is InChI=1S/C20H16N4O/c1-24-19(23-16-10-6-5-9-15(16)20(24)25)12-11-18-21-13-17(22-18)14-7-3-2-4-8-14/h2-13H,1H3,(H,21,22)/b12-11+. The minimum Gasteiger partial charge on any atom is -0.344 e. The van der Waals surface area contributed by atoms with Crippen LogP contribution in [-0.2, 0) is 7.05 Å². The Kier molecular flexibility index (Phi) is 3.74. The maximum Gasteiger partial charge on any atom is 0.261 e. The molecule has 0 saturated carbocycles. The van der Waals surface area contributed by atoms with Gasteiger partial charge in [-0.3, -0.25) is 9.36 Å². The minimum atomic E-state index is -0.0605. The average Bonchev–Trinajstić information content (AvgIpc) is 3.13. The number of aromatic amines is 1. The summed E-state index contributed by atoms with van der Waals surface area (Å²) < 4.78 is 1.54. The second-order valence-electron chi connectivity index (χ2n) is 5.72. The van der Waals surface area contributed by atoms with E-state index >= 15 is 0 Å². The Morgan fingerprint density at radius 2 is 1.72 bits per heavy atom. The highest BCUT2D eigenvalue weighted by Crippen LogP contribution is 2.17. The Bertz CT molecular complexity index is 1120. The molecule has 2 heterocycles. The lowest BCUT2D eigenvalue weighted by Crippen LogP contribution is -2.20. The van der Waals surface area contributed by atoms with Crippen molar-refractivity contribution in [3.63, 3.8) is 0 Å². The Balaban J connectivity index is 1.69. The molecule has 0 atom stereocenters. The number of nitrogens with zero attached hydrogens (tertiary/aromatic N) is 3. The smallest absolute Gasteiger partial charge is 0.261 e. The zero-order valence-corrected chi connectivity index (χ0v) is 13.7. The molecule has 0 aliphatic carbocycles. The predicted molar refractivity (Wildman–Crippen MR) is 99.9 cm³/mol. The van der Waals surface area contributed by atoms with Crippen molar-refractivity contribution in [3.8, 4) is 11.3 Å². The molecule has 2 aromatic carbocycles. The second kappa shape index (κ2) is 6.20. The number of para-hydroxylation sites is 1. The van der Waals surface area contributed by atoms with E-state index in [2.05, 4.69) is 15.0 Å². The maximum absolute atomic E-state index is 12.4. The molecule has 0 spiro atoms. The molecule has 0 bridgehead atoms. The van der Waals surface area contributed by atoms with Crippen LogP contribution in [0.1, 0.15) is 11.6 Å². The van der Waals surface area contributed by atoms with Gasteiger partial charge in [-0.2, -0.15) is 0 Å². The molecule has 0 unspecified atom stereocenters. The molecule has 25 heavy (non-hydrogen) atoms. The van der Waals surface area contributed by atoms with E-state index in [4.69, 9.17) is 0 Å². The van der Waals surface area contributed by atoms with Gasteiger partial charge in [0.05, 0.1) is 16.6 Å². The topological polar surface area (TPSA) is 63.6 Å². The number of fused-ring (bicyclic) bond motifs is 1. The van der Waals surface area contributed by atoms with Gasteiger partial charge in [0, 0.05) is 18.8 Å². The highest BCUT2D eigenvalue weighted by Gasteiger charge is 2.06. The number of hydrogen-bond donors (Lipinski definition) is 1. The minimum absolute atomic E-state index is 0.0605. The van der Waals surface area contributed by atoms with Gasteiger partial charge in [0.1, 0.15) is 11.6 Å². The molecule has 0 amide bonds. The first-order valence-corrected chi connectivity index (χ1v) is 7.97. The van der Waals surface area contributed by atoms with Gasteiger partial charge < -0.3 is 4.98 Å². The number of hydrogen-bond acceptors (Lipinski definition) is 3. The van der Waals surface area contributed by atoms with Crippen molar-refractivity contribution in [2.45, 2.75) is 0 Å². The van der Waals surface area contributed by atoms with Crippen molar-refractivity contribution in [1.82, 2.24) is 19.5 Å². The van der Waals surface area contributed by atoms with Crippen molar-refractivity contribution < 1.29 is 0 Å². The van der Waals surface area contributed by atoms with Crippen LogP contribution in [-0.4, -0.2) is 19.5 Å². The fourth-order valence-electron chi connectivity index (χ4n) is 2.72. The molecule has 2 aromatic heterocycles. The van der Waals surface area contributed by atoms with Crippen LogP contribution in [0.3, 0.4) is 0 Å². The van der Waals surface area contributed by atoms with E-state index in [-0.39, 0.29) is 5.56 Å². The summed E-state index contributed by atoms with van der Waals surface area (Å²) in [5.74, 6) is 1.29. The third-order valence-corrected chi connectivity index (χ3v) is 4.08. The van der Waals surface area contributed by atoms with Gasteiger partial charge in [-0.15, -0.1) is 0 Å². The average molecular weight is 328 g/mol. The molecule has 0 fully saturated rings. The van der Waals surface area contributed by atoms with E-state index in [0.717, 1.165) is 11.3 Å². The summed E-state index contributed by atoms with van der Waals surface area (Å²) >= 11 is 0. The van der Waals surface area contributed by atoms with Crippen molar-refractivity contribution in [2.75, 3.05) is 0 Å². The van der Waals surface area contributed by atoms with Crippen molar-refractivity contribution in [3.05, 3.63) is 82.8 Å². The lowest BCUT2D eigenvalue weighted by molar-refractivity contribution is 0.828. The molecule has 1 N–H and O–H groups in total. The van der Waals surface area contributed by atoms with Crippen LogP contribution in [0.5, 0.6) is 0 Å². The molecular weight excluding hydrogens is 312 g/mol. The first-order chi connectivity index (χ1) is 12.2. The van der Waals surface area contributed by atoms with Crippen LogP contribution >= 0.6 is 0 Å². The molecule has 122 valence electrons. The zero-order valence-electron chi connectivity index (χ0n) is 13.7. The lowest BCUT2D eigenvalue weighted by atomic mass is 10.2. The summed E-state index contributed by atoms with van der Waals surface area (Å²) in [6, 6.07) is 17.3. The monoisotopic (exact) mass is 328 g/mol. The van der Waals surface area contributed by atoms with Gasteiger partial charge in [0.2, 0.25) is 0 Å². The molecule has 0 aliphatic heterocycles. The summed E-state index contributed by atoms with van der Waals surface area (Å²) in [5, 5.41) is 0.617. The normalized spacial score (nSPS) is 11.4. The van der Waals surface area contributed by atoms with E-state index < -0.39 is 0 Å². The van der Waals surface area contributed by atoms with Crippen molar-refractivity contribution in [1.29, 1.82) is 0 Å². The molecule has 5 heteroatoms. The number of aromatic nitrogens is 4. The number of rotatable bonds is 3. The number of benzene rings is 2. The summed E-state index contributed by atoms with van der Waals surface area (Å²) in [6.45, 7) is 0. The van der Waals surface area contributed by atoms with Crippen LogP contribution in [0.15, 0.2) is 65.6 Å². The van der Waals surface area contributed by atoms with Crippen LogP contribution in [0.2, 0.25) is 0 Å². The Morgan fingerprint density at radius 1 is 0.960 bits per heavy atom. The highest BCUT2D eigenvalue weighted by atomic mass is 16.1. The van der Waals surface area contributed by atoms with E-state index in [1.807, 2.05) is 60.8 Å². The maximum atomic E-state index is 12.4. The fourth-order valence-corrected chi connectivity index (χ4v) is 2.72. The summed E-state index contributed by atoms with van der Waals surface area (Å²) in [5.41, 5.74) is 2.56. The molecule has 0 radical (unpaired) electrons. The van der Waals surface area contributed by atoms with Gasteiger partial charge in [0.15, 0.2) is 0 Å². The first kappa shape index (κ1) is 15.1. The SMILES string of the molecule is Cn1c(/C=C/c2nc(-c3ccccc3)c[nH]2)nc2ccccc2c1=O. The van der Waals surface area contributed by atoms with Crippen molar-refractivity contribution >= 4 is 23.1 Å². The zero-order chi connectivity index (χ0) is 17.2. The van der Waals surface area contributed by atoms with Crippen LogP contribution in [0, 0.1) is 0 Å². The predicted octanol–water partition coefficient (Wildman–Crippen LogP) is 3.49. The molecule has 0 saturated heterocycles. The molecular formula is C20H16N4O. The molecule has 0 aliphatic rings. The van der Waals surface area contributed by atoms with Crippen molar-refractivity contribution in [2.24, 2.45) is 7.05 Å². The number of nitrogens with one attached hydrogen (secondary N) is 1. The Hall–Kier alpha value is -3.47.